The highest BCUT2D eigenvalue weighted by atomic mass is 14.9. The van der Waals surface area contributed by atoms with Gasteiger partial charge in [0.15, 0.2) is 5.82 Å². The van der Waals surface area contributed by atoms with Crippen LogP contribution in [0.2, 0.25) is 0 Å². The van der Waals surface area contributed by atoms with E-state index in [4.69, 9.17) is 0 Å². The van der Waals surface area contributed by atoms with Gasteiger partial charge in [0, 0.05) is 24.7 Å². The smallest absolute Gasteiger partial charge is 0.178 e. The van der Waals surface area contributed by atoms with E-state index in [-0.39, 0.29) is 0 Å². The third-order valence-electron chi connectivity index (χ3n) is 1.63. The van der Waals surface area contributed by atoms with Crippen molar-refractivity contribution in [2.24, 2.45) is 0 Å². The zero-order valence-corrected chi connectivity index (χ0v) is 7.23. The van der Waals surface area contributed by atoms with Gasteiger partial charge in [-0.2, -0.15) is 0 Å². The lowest BCUT2D eigenvalue weighted by atomic mass is 10.3. The number of aryl methyl sites for hydroxylation is 1. The molecule has 3 nitrogen and oxygen atoms in total. The van der Waals surface area contributed by atoms with Crippen molar-refractivity contribution >= 4 is 0 Å². The molecule has 1 radical (unpaired) electrons. The molecule has 0 bridgehead atoms. The SMILES string of the molecule is Cc1cnc(-c2cc[c]cn2)nc1. The van der Waals surface area contributed by atoms with Gasteiger partial charge in [0.2, 0.25) is 0 Å². The fraction of sp³-hybridized carbons (Fsp3) is 0.100. The fourth-order valence-corrected chi connectivity index (χ4v) is 0.977. The third kappa shape index (κ3) is 1.69. The van der Waals surface area contributed by atoms with Crippen LogP contribution >= 0.6 is 0 Å². The lowest BCUT2D eigenvalue weighted by molar-refractivity contribution is 1.11. The molecule has 0 amide bonds. The molecule has 2 heterocycles. The summed E-state index contributed by atoms with van der Waals surface area (Å²) >= 11 is 0. The van der Waals surface area contributed by atoms with Crippen LogP contribution in [0.5, 0.6) is 0 Å². The van der Waals surface area contributed by atoms with E-state index < -0.39 is 0 Å². The molecule has 0 saturated heterocycles. The van der Waals surface area contributed by atoms with Crippen LogP contribution in [0.3, 0.4) is 0 Å². The highest BCUT2D eigenvalue weighted by Crippen LogP contribution is 2.08. The van der Waals surface area contributed by atoms with E-state index in [2.05, 4.69) is 21.0 Å². The summed E-state index contributed by atoms with van der Waals surface area (Å²) in [6, 6.07) is 6.48. The van der Waals surface area contributed by atoms with Crippen molar-refractivity contribution in [3.05, 3.63) is 42.4 Å². The van der Waals surface area contributed by atoms with Crippen LogP contribution < -0.4 is 0 Å². The molecule has 0 aliphatic carbocycles. The molecule has 0 aromatic carbocycles. The van der Waals surface area contributed by atoms with Crippen LogP contribution in [0.1, 0.15) is 5.56 Å². The van der Waals surface area contributed by atoms with Crippen molar-refractivity contribution in [3.63, 3.8) is 0 Å². The number of nitrogens with zero attached hydrogens (tertiary/aromatic N) is 3. The van der Waals surface area contributed by atoms with Crippen molar-refractivity contribution in [2.75, 3.05) is 0 Å². The Morgan fingerprint density at radius 2 is 1.92 bits per heavy atom. The largest absolute Gasteiger partial charge is 0.252 e. The van der Waals surface area contributed by atoms with E-state index in [0.717, 1.165) is 11.3 Å². The van der Waals surface area contributed by atoms with Crippen molar-refractivity contribution < 1.29 is 0 Å². The van der Waals surface area contributed by atoms with Gasteiger partial charge in [0.25, 0.3) is 0 Å². The Morgan fingerprint density at radius 3 is 2.54 bits per heavy atom. The van der Waals surface area contributed by atoms with E-state index >= 15 is 0 Å². The van der Waals surface area contributed by atoms with Crippen molar-refractivity contribution in [2.45, 2.75) is 6.92 Å². The van der Waals surface area contributed by atoms with Gasteiger partial charge in [-0.15, -0.1) is 0 Å². The summed E-state index contributed by atoms with van der Waals surface area (Å²) in [6.45, 7) is 1.95. The molecule has 0 spiro atoms. The van der Waals surface area contributed by atoms with Gasteiger partial charge in [-0.05, 0) is 18.6 Å². The van der Waals surface area contributed by atoms with Gasteiger partial charge in [0.1, 0.15) is 5.69 Å². The summed E-state index contributed by atoms with van der Waals surface area (Å²) in [5.74, 6) is 0.652. The Kier molecular flexibility index (Phi) is 2.00. The van der Waals surface area contributed by atoms with E-state index in [1.165, 1.54) is 0 Å². The summed E-state index contributed by atoms with van der Waals surface area (Å²) in [5.41, 5.74) is 1.82. The summed E-state index contributed by atoms with van der Waals surface area (Å²) in [5, 5.41) is 0. The number of hydrogen-bond donors (Lipinski definition) is 0. The zero-order valence-electron chi connectivity index (χ0n) is 7.23. The number of rotatable bonds is 1. The van der Waals surface area contributed by atoms with E-state index in [1.807, 2.05) is 13.0 Å². The Hall–Kier alpha value is -1.77. The van der Waals surface area contributed by atoms with Gasteiger partial charge >= 0.3 is 0 Å². The second-order valence-electron chi connectivity index (χ2n) is 2.73. The second-order valence-corrected chi connectivity index (χ2v) is 2.73. The fourth-order valence-electron chi connectivity index (χ4n) is 0.977. The first kappa shape index (κ1) is 7.86. The van der Waals surface area contributed by atoms with Gasteiger partial charge in [-0.25, -0.2) is 9.97 Å². The molecule has 0 N–H and O–H groups in total. The molecule has 0 aliphatic rings. The van der Waals surface area contributed by atoms with E-state index in [0.29, 0.717) is 5.82 Å². The van der Waals surface area contributed by atoms with Gasteiger partial charge in [-0.1, -0.05) is 6.07 Å². The minimum atomic E-state index is 0.652. The van der Waals surface area contributed by atoms with Crippen LogP contribution in [0, 0.1) is 13.0 Å². The van der Waals surface area contributed by atoms with Gasteiger partial charge in [-0.3, -0.25) is 4.98 Å². The topological polar surface area (TPSA) is 38.7 Å². The molecule has 63 valence electrons. The monoisotopic (exact) mass is 170 g/mol. The first-order chi connectivity index (χ1) is 6.36. The van der Waals surface area contributed by atoms with E-state index in [9.17, 15) is 0 Å². The Bertz CT molecular complexity index is 381. The van der Waals surface area contributed by atoms with Crippen LogP contribution in [-0.4, -0.2) is 15.0 Å². The average Bonchev–Trinajstić information content (AvgIpc) is 2.20. The molecule has 3 heteroatoms. The van der Waals surface area contributed by atoms with Crippen molar-refractivity contribution in [1.29, 1.82) is 0 Å². The van der Waals surface area contributed by atoms with Gasteiger partial charge in [0.05, 0.1) is 0 Å². The molecule has 0 atom stereocenters. The summed E-state index contributed by atoms with van der Waals surface area (Å²) in [4.78, 5) is 12.4. The van der Waals surface area contributed by atoms with Gasteiger partial charge < -0.3 is 0 Å². The molecule has 2 aromatic heterocycles. The average molecular weight is 170 g/mol. The molecule has 2 rings (SSSR count). The first-order valence-corrected chi connectivity index (χ1v) is 3.97. The number of hydrogen-bond acceptors (Lipinski definition) is 3. The second kappa shape index (κ2) is 3.31. The molecule has 2 aromatic rings. The number of pyridine rings is 1. The maximum Gasteiger partial charge on any atom is 0.178 e. The maximum atomic E-state index is 4.16. The first-order valence-electron chi connectivity index (χ1n) is 3.97. The molecular formula is C10H8N3. The van der Waals surface area contributed by atoms with Crippen LogP contribution in [-0.2, 0) is 0 Å². The summed E-state index contributed by atoms with van der Waals surface area (Å²) in [6.07, 6.45) is 5.17. The predicted molar refractivity (Wildman–Crippen MR) is 48.8 cm³/mol. The van der Waals surface area contributed by atoms with Crippen molar-refractivity contribution in [1.82, 2.24) is 15.0 Å². The third-order valence-corrected chi connectivity index (χ3v) is 1.63. The summed E-state index contributed by atoms with van der Waals surface area (Å²) < 4.78 is 0. The molecule has 0 aliphatic heterocycles. The lowest BCUT2D eigenvalue weighted by Gasteiger charge is -1.97. The quantitative estimate of drug-likeness (QED) is 0.653. The minimum Gasteiger partial charge on any atom is -0.252 e. The van der Waals surface area contributed by atoms with E-state index in [1.54, 1.807) is 24.7 Å². The Labute approximate surface area is 76.5 Å². The molecule has 0 saturated carbocycles. The Balaban J connectivity index is 2.42. The van der Waals surface area contributed by atoms with Crippen LogP contribution in [0.15, 0.2) is 30.7 Å². The predicted octanol–water partition coefficient (Wildman–Crippen LogP) is 1.65. The lowest BCUT2D eigenvalue weighted by Crippen LogP contribution is -1.90. The molecule has 13 heavy (non-hydrogen) atoms. The minimum absolute atomic E-state index is 0.652. The van der Waals surface area contributed by atoms with Crippen molar-refractivity contribution in [3.8, 4) is 11.5 Å². The maximum absolute atomic E-state index is 4.16. The normalized spacial score (nSPS) is 9.92. The molecule has 0 fully saturated rings. The van der Waals surface area contributed by atoms with Crippen LogP contribution in [0.4, 0.5) is 0 Å². The van der Waals surface area contributed by atoms with Crippen LogP contribution in [0.25, 0.3) is 11.5 Å². The standard InChI is InChI=1S/C10H8N3/c1-8-6-12-10(13-7-8)9-4-2-3-5-11-9/h2,4-7H,1H3. The Morgan fingerprint density at radius 1 is 1.15 bits per heavy atom. The number of aromatic nitrogens is 3. The molecule has 0 unspecified atom stereocenters. The highest BCUT2D eigenvalue weighted by molar-refractivity contribution is 5.47. The zero-order chi connectivity index (χ0) is 9.10. The highest BCUT2D eigenvalue weighted by Gasteiger charge is 1.99. The summed E-state index contributed by atoms with van der Waals surface area (Å²) in [7, 11) is 0. The molecular weight excluding hydrogens is 162 g/mol.